The highest BCUT2D eigenvalue weighted by Gasteiger charge is 2.42. The smallest absolute Gasteiger partial charge is 0.157 e. The van der Waals surface area contributed by atoms with Crippen LogP contribution in [0.3, 0.4) is 0 Å². The molecule has 14 heavy (non-hydrogen) atoms. The van der Waals surface area contributed by atoms with Gasteiger partial charge in [0.05, 0.1) is 19.0 Å². The molecule has 1 aliphatic rings. The van der Waals surface area contributed by atoms with Crippen LogP contribution in [-0.2, 0) is 6.54 Å². The molecule has 1 aliphatic carbocycles. The van der Waals surface area contributed by atoms with E-state index in [1.54, 1.807) is 6.20 Å². The van der Waals surface area contributed by atoms with Gasteiger partial charge in [0.2, 0.25) is 0 Å². The van der Waals surface area contributed by atoms with Crippen LogP contribution in [0.2, 0.25) is 0 Å². The van der Waals surface area contributed by atoms with Crippen LogP contribution >= 0.6 is 12.6 Å². The lowest BCUT2D eigenvalue weighted by Gasteiger charge is -2.11. The molecule has 3 nitrogen and oxygen atoms in total. The average molecular weight is 212 g/mol. The molecule has 0 aromatic carbocycles. The molecule has 1 heterocycles. The number of ether oxygens (including phenoxy) is 1. The van der Waals surface area contributed by atoms with Crippen LogP contribution in [0.1, 0.15) is 19.8 Å². The first kappa shape index (κ1) is 9.90. The molecule has 0 atom stereocenters. The van der Waals surface area contributed by atoms with Crippen molar-refractivity contribution in [3.8, 4) is 5.75 Å². The zero-order valence-electron chi connectivity index (χ0n) is 8.44. The molecule has 1 fully saturated rings. The van der Waals surface area contributed by atoms with Crippen LogP contribution in [0, 0.1) is 5.41 Å². The largest absolute Gasteiger partial charge is 0.490 e. The zero-order valence-corrected chi connectivity index (χ0v) is 9.33. The van der Waals surface area contributed by atoms with Gasteiger partial charge in [0.25, 0.3) is 0 Å². The van der Waals surface area contributed by atoms with Crippen molar-refractivity contribution in [3.63, 3.8) is 0 Å². The van der Waals surface area contributed by atoms with Gasteiger partial charge in [-0.05, 0) is 25.5 Å². The van der Waals surface area contributed by atoms with Gasteiger partial charge in [-0.3, -0.25) is 4.68 Å². The van der Waals surface area contributed by atoms with Crippen molar-refractivity contribution < 1.29 is 4.74 Å². The Bertz CT molecular complexity index is 307. The lowest BCUT2D eigenvalue weighted by Crippen LogP contribution is -2.14. The predicted octanol–water partition coefficient (Wildman–Crippen LogP) is 1.99. The van der Waals surface area contributed by atoms with Crippen molar-refractivity contribution in [3.05, 3.63) is 12.4 Å². The van der Waals surface area contributed by atoms with Crippen molar-refractivity contribution in [1.29, 1.82) is 0 Å². The van der Waals surface area contributed by atoms with Gasteiger partial charge in [0.1, 0.15) is 0 Å². The Hall–Kier alpha value is -0.640. The zero-order chi connectivity index (χ0) is 10.0. The third kappa shape index (κ3) is 2.05. The molecule has 1 aromatic rings. The van der Waals surface area contributed by atoms with Crippen molar-refractivity contribution in [2.75, 3.05) is 12.4 Å². The first-order valence-corrected chi connectivity index (χ1v) is 5.67. The summed E-state index contributed by atoms with van der Waals surface area (Å²) in [6, 6.07) is 0. The van der Waals surface area contributed by atoms with Crippen molar-refractivity contribution in [2.45, 2.75) is 26.3 Å². The number of hydrogen-bond donors (Lipinski definition) is 1. The van der Waals surface area contributed by atoms with Crippen LogP contribution in [0.4, 0.5) is 0 Å². The van der Waals surface area contributed by atoms with E-state index in [0.29, 0.717) is 5.41 Å². The molecule has 0 amide bonds. The second-order valence-electron chi connectivity index (χ2n) is 3.98. The maximum Gasteiger partial charge on any atom is 0.157 e. The Morgan fingerprint density at radius 3 is 2.93 bits per heavy atom. The lowest BCUT2D eigenvalue weighted by atomic mass is 10.2. The molecule has 4 heteroatoms. The van der Waals surface area contributed by atoms with Gasteiger partial charge in [-0.25, -0.2) is 0 Å². The minimum atomic E-state index is 0.359. The molecular formula is C10H16N2OS. The third-order valence-electron chi connectivity index (χ3n) is 2.77. The molecule has 78 valence electrons. The summed E-state index contributed by atoms with van der Waals surface area (Å²) in [6.45, 7) is 3.74. The van der Waals surface area contributed by atoms with Crippen LogP contribution in [0.25, 0.3) is 0 Å². The fourth-order valence-electron chi connectivity index (χ4n) is 1.35. The fraction of sp³-hybridized carbons (Fsp3) is 0.700. The summed E-state index contributed by atoms with van der Waals surface area (Å²) in [5.74, 6) is 1.80. The quantitative estimate of drug-likeness (QED) is 0.756. The van der Waals surface area contributed by atoms with Crippen molar-refractivity contribution in [1.82, 2.24) is 9.78 Å². The molecular weight excluding hydrogens is 196 g/mol. The Kier molecular flexibility index (Phi) is 2.72. The van der Waals surface area contributed by atoms with Gasteiger partial charge in [-0.15, -0.1) is 0 Å². The molecule has 0 radical (unpaired) electrons. The van der Waals surface area contributed by atoms with E-state index < -0.39 is 0 Å². The first-order chi connectivity index (χ1) is 6.78. The van der Waals surface area contributed by atoms with Crippen LogP contribution in [-0.4, -0.2) is 22.1 Å². The number of rotatable bonds is 5. The summed E-state index contributed by atoms with van der Waals surface area (Å²) in [7, 11) is 0. The SMILES string of the molecule is CCn1cc(OCC2(CS)CC2)cn1. The summed E-state index contributed by atoms with van der Waals surface area (Å²) >= 11 is 4.33. The van der Waals surface area contributed by atoms with E-state index in [4.69, 9.17) is 4.74 Å². The monoisotopic (exact) mass is 212 g/mol. The molecule has 1 saturated carbocycles. The van der Waals surface area contributed by atoms with E-state index in [1.807, 2.05) is 10.9 Å². The van der Waals surface area contributed by atoms with E-state index in [0.717, 1.165) is 24.7 Å². The standard InChI is InChI=1S/C10H16N2OS/c1-2-12-6-9(5-11-12)13-7-10(8-14)3-4-10/h5-6,14H,2-4,7-8H2,1H3. The van der Waals surface area contributed by atoms with Crippen LogP contribution in [0.15, 0.2) is 12.4 Å². The normalized spacial score (nSPS) is 18.1. The van der Waals surface area contributed by atoms with Crippen LogP contribution < -0.4 is 4.74 Å². The van der Waals surface area contributed by atoms with Gasteiger partial charge >= 0.3 is 0 Å². The van der Waals surface area contributed by atoms with Gasteiger partial charge in [0.15, 0.2) is 5.75 Å². The molecule has 0 N–H and O–H groups in total. The van der Waals surface area contributed by atoms with Gasteiger partial charge in [-0.2, -0.15) is 17.7 Å². The van der Waals surface area contributed by atoms with Crippen molar-refractivity contribution in [2.24, 2.45) is 5.41 Å². The molecule has 1 aromatic heterocycles. The number of aryl methyl sites for hydroxylation is 1. The highest BCUT2D eigenvalue weighted by atomic mass is 32.1. The molecule has 2 rings (SSSR count). The molecule has 0 unspecified atom stereocenters. The van der Waals surface area contributed by atoms with E-state index in [2.05, 4.69) is 24.7 Å². The van der Waals surface area contributed by atoms with E-state index in [1.165, 1.54) is 12.8 Å². The Morgan fingerprint density at radius 2 is 2.43 bits per heavy atom. The average Bonchev–Trinajstić information content (AvgIpc) is 2.86. The van der Waals surface area contributed by atoms with Crippen molar-refractivity contribution >= 4 is 12.6 Å². The molecule has 0 aliphatic heterocycles. The summed E-state index contributed by atoms with van der Waals surface area (Å²) in [4.78, 5) is 0. The fourth-order valence-corrected chi connectivity index (χ4v) is 1.76. The summed E-state index contributed by atoms with van der Waals surface area (Å²) < 4.78 is 7.55. The molecule has 0 spiro atoms. The van der Waals surface area contributed by atoms with Gasteiger partial charge < -0.3 is 4.74 Å². The highest BCUT2D eigenvalue weighted by Crippen LogP contribution is 2.46. The first-order valence-electron chi connectivity index (χ1n) is 5.04. The Balaban J connectivity index is 1.85. The van der Waals surface area contributed by atoms with Gasteiger partial charge in [-0.1, -0.05) is 0 Å². The minimum Gasteiger partial charge on any atom is -0.490 e. The van der Waals surface area contributed by atoms with Gasteiger partial charge in [0, 0.05) is 12.0 Å². The Labute approximate surface area is 89.9 Å². The number of thiol groups is 1. The summed E-state index contributed by atoms with van der Waals surface area (Å²) in [5, 5.41) is 4.15. The summed E-state index contributed by atoms with van der Waals surface area (Å²) in [6.07, 6.45) is 6.21. The van der Waals surface area contributed by atoms with E-state index in [-0.39, 0.29) is 0 Å². The predicted molar refractivity (Wildman–Crippen MR) is 58.9 cm³/mol. The maximum atomic E-state index is 5.67. The summed E-state index contributed by atoms with van der Waals surface area (Å²) in [5.41, 5.74) is 0.359. The second-order valence-corrected chi connectivity index (χ2v) is 4.29. The number of nitrogens with zero attached hydrogens (tertiary/aromatic N) is 2. The third-order valence-corrected chi connectivity index (χ3v) is 3.44. The number of hydrogen-bond acceptors (Lipinski definition) is 3. The van der Waals surface area contributed by atoms with Crippen LogP contribution in [0.5, 0.6) is 5.75 Å². The molecule has 0 saturated heterocycles. The Morgan fingerprint density at radius 1 is 1.64 bits per heavy atom. The van der Waals surface area contributed by atoms with E-state index >= 15 is 0 Å². The topological polar surface area (TPSA) is 27.1 Å². The van der Waals surface area contributed by atoms with E-state index in [9.17, 15) is 0 Å². The second kappa shape index (κ2) is 3.85. The maximum absolute atomic E-state index is 5.67. The number of aromatic nitrogens is 2. The minimum absolute atomic E-state index is 0.359. The highest BCUT2D eigenvalue weighted by molar-refractivity contribution is 7.80. The lowest BCUT2D eigenvalue weighted by molar-refractivity contribution is 0.250. The molecule has 0 bridgehead atoms.